The fraction of sp³-hybridized carbons (Fsp3) is 0.455. The minimum atomic E-state index is -2.55. The number of likely N-dealkylation sites (N-methyl/N-ethyl adjacent to an activating group) is 1. The molecular weight excluding hydrogens is 638 g/mol. The lowest BCUT2D eigenvalue weighted by atomic mass is 9.80. The molecule has 4 aromatic rings. The lowest BCUT2D eigenvalue weighted by Crippen LogP contribution is -2.47. The largest absolute Gasteiger partial charge is 0.491 e. The molecule has 0 aliphatic heterocycles. The first-order valence-electron chi connectivity index (χ1n) is 15.2. The second-order valence-corrected chi connectivity index (χ2v) is 14.2. The Labute approximate surface area is 273 Å². The number of aromatic nitrogens is 3. The minimum absolute atomic E-state index is 0.0141. The molecule has 244 valence electrons. The van der Waals surface area contributed by atoms with Crippen LogP contribution in [0.2, 0.25) is 5.02 Å². The van der Waals surface area contributed by atoms with Crippen LogP contribution in [0.3, 0.4) is 0 Å². The summed E-state index contributed by atoms with van der Waals surface area (Å²) in [7, 11) is 3.52. The topological polar surface area (TPSA) is 107 Å². The molecule has 1 saturated carbocycles. The lowest BCUT2D eigenvalue weighted by Gasteiger charge is -2.40. The SMILES string of the molecule is Cc1sc2c(-c3cc(Cl)ccc3OCCn3c(C)nc4c(c3=O)C[C@@H](N(C)CC3CC(F)(F)C3)CC4)cn(C)c(=O)c2c1C(=O)O. The normalized spacial score (nSPS) is 17.7. The van der Waals surface area contributed by atoms with Crippen LogP contribution in [0.25, 0.3) is 21.2 Å². The van der Waals surface area contributed by atoms with Gasteiger partial charge in [-0.25, -0.2) is 18.6 Å². The Morgan fingerprint density at radius 3 is 2.65 bits per heavy atom. The molecule has 0 spiro atoms. The van der Waals surface area contributed by atoms with Gasteiger partial charge in [0.2, 0.25) is 5.92 Å². The predicted octanol–water partition coefficient (Wildman–Crippen LogP) is 5.71. The van der Waals surface area contributed by atoms with Gasteiger partial charge in [0.05, 0.1) is 27.9 Å². The van der Waals surface area contributed by atoms with Gasteiger partial charge in [0.1, 0.15) is 18.2 Å². The summed E-state index contributed by atoms with van der Waals surface area (Å²) in [6.07, 6.45) is 3.50. The van der Waals surface area contributed by atoms with Crippen molar-refractivity contribution in [3.63, 3.8) is 0 Å². The molecule has 1 fully saturated rings. The minimum Gasteiger partial charge on any atom is -0.491 e. The van der Waals surface area contributed by atoms with E-state index in [4.69, 9.17) is 21.3 Å². The highest BCUT2D eigenvalue weighted by atomic mass is 35.5. The highest BCUT2D eigenvalue weighted by Crippen LogP contribution is 2.43. The van der Waals surface area contributed by atoms with Crippen LogP contribution in [0.15, 0.2) is 34.0 Å². The van der Waals surface area contributed by atoms with Gasteiger partial charge in [-0.2, -0.15) is 0 Å². The molecule has 3 aromatic heterocycles. The number of hydrogen-bond donors (Lipinski definition) is 1. The highest BCUT2D eigenvalue weighted by molar-refractivity contribution is 7.20. The Bertz CT molecular complexity index is 1980. The second kappa shape index (κ2) is 12.2. The maximum atomic E-state index is 13.7. The molecular formula is C33H35ClF2N4O5S. The molecule has 13 heteroatoms. The van der Waals surface area contributed by atoms with Crippen LogP contribution in [0.4, 0.5) is 8.78 Å². The third kappa shape index (κ3) is 5.98. The Hall–Kier alpha value is -3.61. The predicted molar refractivity (Wildman–Crippen MR) is 174 cm³/mol. The van der Waals surface area contributed by atoms with Crippen LogP contribution >= 0.6 is 22.9 Å². The summed E-state index contributed by atoms with van der Waals surface area (Å²) < 4.78 is 36.5. The molecule has 46 heavy (non-hydrogen) atoms. The Morgan fingerprint density at radius 1 is 1.22 bits per heavy atom. The van der Waals surface area contributed by atoms with E-state index < -0.39 is 17.5 Å². The van der Waals surface area contributed by atoms with Crippen LogP contribution in [-0.2, 0) is 26.4 Å². The van der Waals surface area contributed by atoms with E-state index in [0.717, 1.165) is 12.1 Å². The summed E-state index contributed by atoms with van der Waals surface area (Å²) >= 11 is 7.63. The zero-order valence-corrected chi connectivity index (χ0v) is 27.6. The number of hydrogen-bond acceptors (Lipinski definition) is 7. The van der Waals surface area contributed by atoms with Gasteiger partial charge in [0.15, 0.2) is 0 Å². The summed E-state index contributed by atoms with van der Waals surface area (Å²) in [6, 6.07) is 5.19. The van der Waals surface area contributed by atoms with Crippen LogP contribution in [0.1, 0.15) is 51.6 Å². The number of benzene rings is 1. The molecule has 2 aliphatic carbocycles. The Balaban J connectivity index is 1.24. The van der Waals surface area contributed by atoms with Gasteiger partial charge in [-0.05, 0) is 64.3 Å². The molecule has 0 bridgehead atoms. The fourth-order valence-corrected chi connectivity index (χ4v) is 8.21. The van der Waals surface area contributed by atoms with E-state index in [9.17, 15) is 28.3 Å². The molecule has 1 atom stereocenters. The number of nitrogens with zero attached hydrogens (tertiary/aromatic N) is 4. The number of ether oxygens (including phenoxy) is 1. The van der Waals surface area contributed by atoms with Crippen LogP contribution in [0, 0.1) is 19.8 Å². The second-order valence-electron chi connectivity index (χ2n) is 12.5. The van der Waals surface area contributed by atoms with Crippen molar-refractivity contribution in [1.82, 2.24) is 19.0 Å². The van der Waals surface area contributed by atoms with Crippen molar-refractivity contribution < 1.29 is 23.4 Å². The molecule has 9 nitrogen and oxygen atoms in total. The van der Waals surface area contributed by atoms with E-state index in [1.165, 1.54) is 15.9 Å². The molecule has 0 amide bonds. The van der Waals surface area contributed by atoms with Gasteiger partial charge in [-0.15, -0.1) is 11.3 Å². The van der Waals surface area contributed by atoms with Crippen LogP contribution in [0.5, 0.6) is 5.75 Å². The molecule has 3 heterocycles. The standard InChI is InChI=1S/C33H35ClF2N4O5S/c1-17-27(32(43)44)28-29(46-17)24(16-39(4)31(28)42)22-11-20(34)5-8-26(22)45-10-9-40-18(2)37-25-7-6-21(12-23(25)30(40)41)38(3)15-19-13-33(35,36)14-19/h5,8,11,16,19,21H,6-7,9-10,12-15H2,1-4H3,(H,43,44)/t21-/m0/s1. The first-order chi connectivity index (χ1) is 21.7. The fourth-order valence-electron chi connectivity index (χ4n) is 6.88. The van der Waals surface area contributed by atoms with Crippen molar-refractivity contribution in [1.29, 1.82) is 0 Å². The van der Waals surface area contributed by atoms with Gasteiger partial charge >= 0.3 is 5.97 Å². The first kappa shape index (κ1) is 32.3. The molecule has 1 aromatic carbocycles. The van der Waals surface area contributed by atoms with Crippen molar-refractivity contribution >= 4 is 39.0 Å². The van der Waals surface area contributed by atoms with E-state index in [1.807, 2.05) is 7.05 Å². The maximum absolute atomic E-state index is 13.7. The van der Waals surface area contributed by atoms with Crippen molar-refractivity contribution in [2.75, 3.05) is 20.2 Å². The van der Waals surface area contributed by atoms with Crippen LogP contribution < -0.4 is 15.9 Å². The number of thiophene rings is 1. The smallest absolute Gasteiger partial charge is 0.337 e. The number of alkyl halides is 2. The zero-order valence-electron chi connectivity index (χ0n) is 26.0. The summed E-state index contributed by atoms with van der Waals surface area (Å²) in [4.78, 5) is 46.1. The van der Waals surface area contributed by atoms with E-state index in [1.54, 1.807) is 49.9 Å². The number of carbonyl (C=O) groups is 1. The molecule has 1 N–H and O–H groups in total. The van der Waals surface area contributed by atoms with Crippen molar-refractivity contribution in [2.24, 2.45) is 13.0 Å². The molecule has 0 unspecified atom stereocenters. The molecule has 6 rings (SSSR count). The lowest BCUT2D eigenvalue weighted by molar-refractivity contribution is -0.117. The van der Waals surface area contributed by atoms with E-state index in [-0.39, 0.29) is 54.5 Å². The van der Waals surface area contributed by atoms with E-state index >= 15 is 0 Å². The first-order valence-corrected chi connectivity index (χ1v) is 16.4. The van der Waals surface area contributed by atoms with Crippen LogP contribution in [-0.4, -0.2) is 62.3 Å². The summed E-state index contributed by atoms with van der Waals surface area (Å²) in [5.41, 5.74) is 2.12. The van der Waals surface area contributed by atoms with E-state index in [0.29, 0.717) is 62.3 Å². The number of fused-ring (bicyclic) bond motifs is 2. The Morgan fingerprint density at radius 2 is 1.96 bits per heavy atom. The van der Waals surface area contributed by atoms with Crippen molar-refractivity contribution in [3.8, 4) is 16.9 Å². The average Bonchev–Trinajstić information content (AvgIpc) is 3.33. The average molecular weight is 673 g/mol. The summed E-state index contributed by atoms with van der Waals surface area (Å²) in [5.74, 6) is -2.69. The molecule has 0 radical (unpaired) electrons. The van der Waals surface area contributed by atoms with Gasteiger partial charge in [-0.1, -0.05) is 11.6 Å². The summed E-state index contributed by atoms with van der Waals surface area (Å²) in [6.45, 7) is 4.42. The Kier molecular flexibility index (Phi) is 8.58. The van der Waals surface area contributed by atoms with Gasteiger partial charge in [-0.3, -0.25) is 14.2 Å². The monoisotopic (exact) mass is 672 g/mol. The van der Waals surface area contributed by atoms with E-state index in [2.05, 4.69) is 4.90 Å². The number of carboxylic acids is 1. The third-order valence-corrected chi connectivity index (χ3v) is 10.6. The number of carboxylic acid groups (broad SMARTS) is 1. The van der Waals surface area contributed by atoms with Gasteiger partial charge in [0.25, 0.3) is 11.1 Å². The third-order valence-electron chi connectivity index (χ3n) is 9.24. The molecule has 0 saturated heterocycles. The number of halogens is 3. The van der Waals surface area contributed by atoms with Crippen molar-refractivity contribution in [2.45, 2.75) is 64.5 Å². The maximum Gasteiger partial charge on any atom is 0.337 e. The number of pyridine rings is 1. The number of rotatable bonds is 9. The van der Waals surface area contributed by atoms with Gasteiger partial charge < -0.3 is 19.3 Å². The summed E-state index contributed by atoms with van der Waals surface area (Å²) in [5, 5.41) is 10.4. The highest BCUT2D eigenvalue weighted by Gasteiger charge is 2.45. The molecule has 2 aliphatic rings. The van der Waals surface area contributed by atoms with Crippen molar-refractivity contribution in [3.05, 3.63) is 77.6 Å². The number of aryl methyl sites for hydroxylation is 4. The quantitative estimate of drug-likeness (QED) is 0.243. The number of aromatic carboxylic acids is 1. The zero-order chi connectivity index (χ0) is 33.1. The van der Waals surface area contributed by atoms with Gasteiger partial charge in [0, 0.05) is 65.3 Å².